The van der Waals surface area contributed by atoms with Crippen molar-refractivity contribution >= 4 is 29.7 Å². The monoisotopic (exact) mass is 422 g/mol. The van der Waals surface area contributed by atoms with E-state index in [1.807, 2.05) is 16.0 Å². The van der Waals surface area contributed by atoms with E-state index in [-0.39, 0.29) is 0 Å². The Morgan fingerprint density at radius 1 is 0.828 bits per heavy atom. The first kappa shape index (κ1) is 26.2. The molecule has 0 rings (SSSR count). The molecular weight excluding hydrogens is 396 g/mol. The molecule has 29 heavy (non-hydrogen) atoms. The van der Waals surface area contributed by atoms with Crippen LogP contribution >= 0.6 is 0 Å². The zero-order valence-electron chi connectivity index (χ0n) is 15.7. The summed E-state index contributed by atoms with van der Waals surface area (Å²) in [5.74, 6) is -6.26. The Morgan fingerprint density at radius 2 is 1.31 bits per heavy atom. The topological polar surface area (TPSA) is 249 Å². The molecular formula is C15H26N4O10. The van der Waals surface area contributed by atoms with Crippen LogP contribution in [0.3, 0.4) is 0 Å². The van der Waals surface area contributed by atoms with Crippen LogP contribution < -0.4 is 21.7 Å². The minimum atomic E-state index is -1.72. The molecule has 6 unspecified atom stereocenters. The summed E-state index contributed by atoms with van der Waals surface area (Å²) in [7, 11) is 0. The van der Waals surface area contributed by atoms with E-state index >= 15 is 0 Å². The lowest BCUT2D eigenvalue weighted by molar-refractivity contribution is -0.146. The van der Waals surface area contributed by atoms with Crippen molar-refractivity contribution in [2.24, 2.45) is 5.73 Å². The van der Waals surface area contributed by atoms with Gasteiger partial charge in [0.15, 0.2) is 6.04 Å². The highest BCUT2D eigenvalue weighted by molar-refractivity contribution is 5.95. The van der Waals surface area contributed by atoms with Gasteiger partial charge >= 0.3 is 11.9 Å². The summed E-state index contributed by atoms with van der Waals surface area (Å²) >= 11 is 0. The van der Waals surface area contributed by atoms with Crippen molar-refractivity contribution in [1.82, 2.24) is 16.0 Å². The normalized spacial score (nSPS) is 17.0. The maximum atomic E-state index is 12.2. The molecule has 0 aliphatic rings. The number of aliphatic hydroxyl groups is 3. The van der Waals surface area contributed by atoms with E-state index in [1.165, 1.54) is 0 Å². The predicted molar refractivity (Wildman–Crippen MR) is 94.1 cm³/mol. The molecule has 3 amide bonds. The zero-order chi connectivity index (χ0) is 22.9. The standard InChI is InChI=1S/C15H26N4O10/c1-5(21)10(14(27)19-11(6(2)22)15(28)29)18-13(26)8(4-20)17-12(25)7(16)3-9(23)24/h5-8,10-11,20-22H,3-4,16H2,1-2H3,(H,17,25)(H,18,26)(H,19,27)(H,23,24)(H,28,29). The van der Waals surface area contributed by atoms with Crippen molar-refractivity contribution in [3.05, 3.63) is 0 Å². The lowest BCUT2D eigenvalue weighted by Gasteiger charge is -2.26. The zero-order valence-corrected chi connectivity index (χ0v) is 15.7. The quantitative estimate of drug-likeness (QED) is 0.144. The molecule has 0 bridgehead atoms. The number of carbonyl (C=O) groups is 5. The molecule has 0 spiro atoms. The number of rotatable bonds is 12. The summed E-state index contributed by atoms with van der Waals surface area (Å²) < 4.78 is 0. The third-order valence-corrected chi connectivity index (χ3v) is 3.66. The van der Waals surface area contributed by atoms with Crippen molar-refractivity contribution < 1.29 is 49.5 Å². The van der Waals surface area contributed by atoms with Gasteiger partial charge in [0.05, 0.1) is 31.3 Å². The van der Waals surface area contributed by atoms with E-state index in [2.05, 4.69) is 0 Å². The number of carboxylic acids is 2. The average Bonchev–Trinajstić information content (AvgIpc) is 2.59. The maximum Gasteiger partial charge on any atom is 0.328 e. The van der Waals surface area contributed by atoms with Gasteiger partial charge in [-0.25, -0.2) is 4.79 Å². The molecule has 0 saturated carbocycles. The van der Waals surface area contributed by atoms with Crippen LogP contribution in [0, 0.1) is 0 Å². The van der Waals surface area contributed by atoms with Crippen LogP contribution in [0.5, 0.6) is 0 Å². The number of hydrogen-bond donors (Lipinski definition) is 9. The summed E-state index contributed by atoms with van der Waals surface area (Å²) in [6.07, 6.45) is -3.74. The first-order chi connectivity index (χ1) is 13.3. The van der Waals surface area contributed by atoms with Gasteiger partial charge in [0.1, 0.15) is 12.1 Å². The first-order valence-corrected chi connectivity index (χ1v) is 8.40. The van der Waals surface area contributed by atoms with Gasteiger partial charge in [-0.15, -0.1) is 0 Å². The molecule has 0 aromatic carbocycles. The van der Waals surface area contributed by atoms with Crippen LogP contribution in [-0.4, -0.2) is 98.2 Å². The van der Waals surface area contributed by atoms with Gasteiger partial charge in [-0.1, -0.05) is 0 Å². The Kier molecular flexibility index (Phi) is 10.7. The number of nitrogens with one attached hydrogen (secondary N) is 3. The van der Waals surface area contributed by atoms with Crippen LogP contribution in [0.4, 0.5) is 0 Å². The van der Waals surface area contributed by atoms with Gasteiger partial charge in [-0.2, -0.15) is 0 Å². The molecule has 166 valence electrons. The van der Waals surface area contributed by atoms with Gasteiger partial charge in [0, 0.05) is 0 Å². The van der Waals surface area contributed by atoms with Gasteiger partial charge < -0.3 is 47.2 Å². The highest BCUT2D eigenvalue weighted by Crippen LogP contribution is 2.00. The predicted octanol–water partition coefficient (Wildman–Crippen LogP) is -4.92. The first-order valence-electron chi connectivity index (χ1n) is 8.40. The highest BCUT2D eigenvalue weighted by atomic mass is 16.4. The van der Waals surface area contributed by atoms with Gasteiger partial charge in [-0.05, 0) is 13.8 Å². The molecule has 0 saturated heterocycles. The molecule has 0 fully saturated rings. The van der Waals surface area contributed by atoms with E-state index < -0.39 is 79.1 Å². The Bertz CT molecular complexity index is 624. The van der Waals surface area contributed by atoms with E-state index in [0.717, 1.165) is 13.8 Å². The van der Waals surface area contributed by atoms with Crippen LogP contribution in [0.15, 0.2) is 0 Å². The van der Waals surface area contributed by atoms with Crippen LogP contribution in [0.25, 0.3) is 0 Å². The van der Waals surface area contributed by atoms with Crippen molar-refractivity contribution in [1.29, 1.82) is 0 Å². The van der Waals surface area contributed by atoms with Gasteiger partial charge in [0.25, 0.3) is 0 Å². The lowest BCUT2D eigenvalue weighted by Crippen LogP contribution is -2.61. The fraction of sp³-hybridized carbons (Fsp3) is 0.667. The molecule has 0 aromatic rings. The number of aliphatic hydroxyl groups excluding tert-OH is 3. The fourth-order valence-corrected chi connectivity index (χ4v) is 2.04. The van der Waals surface area contributed by atoms with E-state index in [4.69, 9.17) is 15.9 Å². The van der Waals surface area contributed by atoms with Crippen molar-refractivity contribution in [3.8, 4) is 0 Å². The van der Waals surface area contributed by atoms with Gasteiger partial charge in [0.2, 0.25) is 17.7 Å². The number of nitrogens with two attached hydrogens (primary N) is 1. The fourth-order valence-electron chi connectivity index (χ4n) is 2.04. The lowest BCUT2D eigenvalue weighted by atomic mass is 10.1. The molecule has 14 heteroatoms. The number of amides is 3. The summed E-state index contributed by atoms with van der Waals surface area (Å²) in [6, 6.07) is -6.55. The third kappa shape index (κ3) is 8.82. The maximum absolute atomic E-state index is 12.2. The molecule has 0 heterocycles. The smallest absolute Gasteiger partial charge is 0.328 e. The van der Waals surface area contributed by atoms with E-state index in [1.54, 1.807) is 0 Å². The second-order valence-corrected chi connectivity index (χ2v) is 6.24. The summed E-state index contributed by atoms with van der Waals surface area (Å²) in [4.78, 5) is 57.8. The highest BCUT2D eigenvalue weighted by Gasteiger charge is 2.33. The van der Waals surface area contributed by atoms with E-state index in [0.29, 0.717) is 0 Å². The number of aliphatic carboxylic acids is 2. The molecule has 14 nitrogen and oxygen atoms in total. The summed E-state index contributed by atoms with van der Waals surface area (Å²) in [5.41, 5.74) is 5.34. The van der Waals surface area contributed by atoms with Crippen molar-refractivity contribution in [3.63, 3.8) is 0 Å². The second-order valence-electron chi connectivity index (χ2n) is 6.24. The van der Waals surface area contributed by atoms with Crippen molar-refractivity contribution in [2.45, 2.75) is 56.6 Å². The molecule has 6 atom stereocenters. The number of carbonyl (C=O) groups excluding carboxylic acids is 3. The molecule has 0 aromatic heterocycles. The minimum absolute atomic E-state index is 0.736. The Morgan fingerprint density at radius 3 is 1.69 bits per heavy atom. The Balaban J connectivity index is 5.18. The number of carboxylic acid groups (broad SMARTS) is 2. The van der Waals surface area contributed by atoms with Crippen LogP contribution in [0.2, 0.25) is 0 Å². The van der Waals surface area contributed by atoms with Gasteiger partial charge in [-0.3, -0.25) is 19.2 Å². The minimum Gasteiger partial charge on any atom is -0.481 e. The Labute approximate surface area is 165 Å². The molecule has 0 radical (unpaired) electrons. The summed E-state index contributed by atoms with van der Waals surface area (Å²) in [5, 5.41) is 51.9. The molecule has 0 aliphatic heterocycles. The Hall–Kier alpha value is -2.81. The molecule has 10 N–H and O–H groups in total. The summed E-state index contributed by atoms with van der Waals surface area (Å²) in [6.45, 7) is 1.27. The largest absolute Gasteiger partial charge is 0.481 e. The molecule has 0 aliphatic carbocycles. The average molecular weight is 422 g/mol. The number of hydrogen-bond acceptors (Lipinski definition) is 9. The second kappa shape index (κ2) is 11.9. The van der Waals surface area contributed by atoms with Crippen molar-refractivity contribution in [2.75, 3.05) is 6.61 Å². The SMILES string of the molecule is CC(O)C(NC(=O)C(NC(=O)C(CO)NC(=O)C(N)CC(=O)O)C(C)O)C(=O)O. The van der Waals surface area contributed by atoms with Crippen LogP contribution in [-0.2, 0) is 24.0 Å². The van der Waals surface area contributed by atoms with E-state index in [9.17, 15) is 39.3 Å². The third-order valence-electron chi connectivity index (χ3n) is 3.66. The van der Waals surface area contributed by atoms with Crippen LogP contribution in [0.1, 0.15) is 20.3 Å².